The number of hydrogen-bond acceptors (Lipinski definition) is 5. The molecule has 3 heterocycles. The van der Waals surface area contributed by atoms with E-state index in [1.54, 1.807) is 13.3 Å². The van der Waals surface area contributed by atoms with E-state index in [1.165, 1.54) is 11.3 Å². The number of ether oxygens (including phenoxy) is 1. The van der Waals surface area contributed by atoms with Crippen LogP contribution in [-0.4, -0.2) is 23.0 Å². The number of thiophene rings is 1. The van der Waals surface area contributed by atoms with Gasteiger partial charge in [0.1, 0.15) is 5.75 Å². The highest BCUT2D eigenvalue weighted by Crippen LogP contribution is 2.37. The fourth-order valence-corrected chi connectivity index (χ4v) is 4.78. The van der Waals surface area contributed by atoms with Crippen LogP contribution < -0.4 is 15.4 Å². The summed E-state index contributed by atoms with van der Waals surface area (Å²) >= 11 is 1.42. The quantitative estimate of drug-likeness (QED) is 0.258. The number of carbonyl (C=O) groups is 1. The molecule has 3 N–H and O–H groups in total. The van der Waals surface area contributed by atoms with Crippen LogP contribution in [0.15, 0.2) is 84.4 Å². The van der Waals surface area contributed by atoms with E-state index in [1.807, 2.05) is 78.2 Å². The summed E-state index contributed by atoms with van der Waals surface area (Å²) in [6.45, 7) is 2.05. The van der Waals surface area contributed by atoms with Crippen LogP contribution in [0.1, 0.15) is 32.7 Å². The second-order valence-corrected chi connectivity index (χ2v) is 8.84. The van der Waals surface area contributed by atoms with Crippen LogP contribution in [0.5, 0.6) is 5.75 Å². The first-order chi connectivity index (χ1) is 16.6. The van der Waals surface area contributed by atoms with Gasteiger partial charge in [-0.15, -0.1) is 11.3 Å². The second-order valence-electron chi connectivity index (χ2n) is 7.89. The standard InChI is InChI=1S/C27H24N4O2S/c1-17-25(19-16-18(12-13-20(19)29-17)30-27(32)24-11-7-15-34-24)26(22-9-5-6-14-28-22)31-21-8-3-4-10-23(21)33-2/h3-16,26,29,31H,1-2H3,(H,30,32)/t26-/m0/s1. The average molecular weight is 469 g/mol. The van der Waals surface area contributed by atoms with Crippen molar-refractivity contribution in [2.45, 2.75) is 13.0 Å². The Morgan fingerprint density at radius 2 is 1.91 bits per heavy atom. The van der Waals surface area contributed by atoms with E-state index in [9.17, 15) is 4.79 Å². The van der Waals surface area contributed by atoms with E-state index < -0.39 is 0 Å². The van der Waals surface area contributed by atoms with Crippen molar-refractivity contribution in [1.29, 1.82) is 0 Å². The van der Waals surface area contributed by atoms with Gasteiger partial charge in [0.05, 0.1) is 29.4 Å². The molecule has 0 radical (unpaired) electrons. The summed E-state index contributed by atoms with van der Waals surface area (Å²) in [5, 5.41) is 9.57. The number of nitrogens with zero attached hydrogens (tertiary/aromatic N) is 1. The molecule has 0 saturated heterocycles. The van der Waals surface area contributed by atoms with Gasteiger partial charge < -0.3 is 20.4 Å². The van der Waals surface area contributed by atoms with Gasteiger partial charge in [-0.2, -0.15) is 0 Å². The molecule has 5 rings (SSSR count). The summed E-state index contributed by atoms with van der Waals surface area (Å²) in [5.74, 6) is 0.640. The first-order valence-corrected chi connectivity index (χ1v) is 11.8. The van der Waals surface area contributed by atoms with Gasteiger partial charge in [0.2, 0.25) is 0 Å². The molecule has 5 aromatic rings. The molecule has 0 aliphatic rings. The van der Waals surface area contributed by atoms with Gasteiger partial charge >= 0.3 is 0 Å². The molecular weight excluding hydrogens is 444 g/mol. The average Bonchev–Trinajstić information content (AvgIpc) is 3.51. The van der Waals surface area contributed by atoms with E-state index in [0.717, 1.165) is 45.0 Å². The molecular formula is C27H24N4O2S. The maximum Gasteiger partial charge on any atom is 0.265 e. The fourth-order valence-electron chi connectivity index (χ4n) is 4.16. The van der Waals surface area contributed by atoms with Crippen molar-refractivity contribution < 1.29 is 9.53 Å². The maximum absolute atomic E-state index is 12.6. The maximum atomic E-state index is 12.6. The van der Waals surface area contributed by atoms with Crippen LogP contribution >= 0.6 is 11.3 Å². The van der Waals surface area contributed by atoms with Crippen molar-refractivity contribution in [1.82, 2.24) is 9.97 Å². The normalized spacial score (nSPS) is 11.8. The number of aromatic nitrogens is 2. The molecule has 3 aromatic heterocycles. The second kappa shape index (κ2) is 9.41. The number of rotatable bonds is 7. The number of anilines is 2. The predicted molar refractivity (Wildman–Crippen MR) is 138 cm³/mol. The fraction of sp³-hybridized carbons (Fsp3) is 0.111. The number of carbonyl (C=O) groups excluding carboxylic acids is 1. The first-order valence-electron chi connectivity index (χ1n) is 10.9. The third-order valence-electron chi connectivity index (χ3n) is 5.72. The summed E-state index contributed by atoms with van der Waals surface area (Å²) in [5.41, 5.74) is 5.57. The Kier molecular flexibility index (Phi) is 6.01. The van der Waals surface area contributed by atoms with Gasteiger partial charge in [-0.05, 0) is 60.8 Å². The minimum Gasteiger partial charge on any atom is -0.495 e. The zero-order valence-electron chi connectivity index (χ0n) is 18.8. The van der Waals surface area contributed by atoms with Gasteiger partial charge in [0.15, 0.2) is 0 Å². The largest absolute Gasteiger partial charge is 0.495 e. The molecule has 0 saturated carbocycles. The molecule has 0 aliphatic carbocycles. The smallest absolute Gasteiger partial charge is 0.265 e. The summed E-state index contributed by atoms with van der Waals surface area (Å²) in [6, 6.07) is 23.1. The van der Waals surface area contributed by atoms with Crippen LogP contribution in [-0.2, 0) is 0 Å². The SMILES string of the molecule is COc1ccccc1N[C@@H](c1ccccn1)c1c(C)[nH]c2ccc(NC(=O)c3cccs3)cc12. The zero-order valence-corrected chi connectivity index (χ0v) is 19.6. The van der Waals surface area contributed by atoms with Crippen molar-refractivity contribution >= 4 is 39.5 Å². The van der Waals surface area contributed by atoms with E-state index in [4.69, 9.17) is 4.74 Å². The molecule has 1 atom stereocenters. The highest BCUT2D eigenvalue weighted by Gasteiger charge is 2.23. The van der Waals surface area contributed by atoms with Crippen LogP contribution in [0.3, 0.4) is 0 Å². The topological polar surface area (TPSA) is 79.0 Å². The van der Waals surface area contributed by atoms with Gasteiger partial charge in [-0.1, -0.05) is 24.3 Å². The van der Waals surface area contributed by atoms with E-state index in [-0.39, 0.29) is 11.9 Å². The summed E-state index contributed by atoms with van der Waals surface area (Å²) in [7, 11) is 1.66. The predicted octanol–water partition coefficient (Wildman–Crippen LogP) is 6.40. The van der Waals surface area contributed by atoms with Crippen LogP contribution in [0, 0.1) is 6.92 Å². The molecule has 1 amide bonds. The van der Waals surface area contributed by atoms with Crippen molar-refractivity contribution in [2.24, 2.45) is 0 Å². The van der Waals surface area contributed by atoms with Crippen molar-refractivity contribution in [2.75, 3.05) is 17.7 Å². The number of fused-ring (bicyclic) bond motifs is 1. The molecule has 0 aliphatic heterocycles. The number of para-hydroxylation sites is 2. The third kappa shape index (κ3) is 4.25. The van der Waals surface area contributed by atoms with Gasteiger partial charge in [-0.25, -0.2) is 0 Å². The van der Waals surface area contributed by atoms with Gasteiger partial charge in [0.25, 0.3) is 5.91 Å². The minimum atomic E-state index is -0.241. The minimum absolute atomic E-state index is 0.114. The third-order valence-corrected chi connectivity index (χ3v) is 6.59. The van der Waals surface area contributed by atoms with Gasteiger partial charge in [0, 0.05) is 34.0 Å². The number of amides is 1. The lowest BCUT2D eigenvalue weighted by Gasteiger charge is -2.22. The Hall–Kier alpha value is -4.10. The van der Waals surface area contributed by atoms with Crippen LogP contribution in [0.4, 0.5) is 11.4 Å². The van der Waals surface area contributed by atoms with Crippen molar-refractivity contribution in [3.63, 3.8) is 0 Å². The van der Waals surface area contributed by atoms with Crippen LogP contribution in [0.2, 0.25) is 0 Å². The molecule has 0 fully saturated rings. The first kappa shape index (κ1) is 21.7. The number of H-pyrrole nitrogens is 1. The number of benzene rings is 2. The Morgan fingerprint density at radius 3 is 2.68 bits per heavy atom. The molecule has 34 heavy (non-hydrogen) atoms. The number of methoxy groups -OCH3 is 1. The Bertz CT molecular complexity index is 1430. The summed E-state index contributed by atoms with van der Waals surface area (Å²) in [4.78, 5) is 21.4. The molecule has 0 spiro atoms. The lowest BCUT2D eigenvalue weighted by atomic mass is 9.98. The number of aryl methyl sites for hydroxylation is 1. The van der Waals surface area contributed by atoms with E-state index in [0.29, 0.717) is 4.88 Å². The molecule has 0 bridgehead atoms. The number of pyridine rings is 1. The summed E-state index contributed by atoms with van der Waals surface area (Å²) < 4.78 is 5.58. The monoisotopic (exact) mass is 468 g/mol. The van der Waals surface area contributed by atoms with Gasteiger partial charge in [-0.3, -0.25) is 9.78 Å². The molecule has 0 unspecified atom stereocenters. The Morgan fingerprint density at radius 1 is 1.06 bits per heavy atom. The molecule has 170 valence electrons. The lowest BCUT2D eigenvalue weighted by molar-refractivity contribution is 0.103. The molecule has 7 heteroatoms. The van der Waals surface area contributed by atoms with E-state index >= 15 is 0 Å². The van der Waals surface area contributed by atoms with Crippen molar-refractivity contribution in [3.8, 4) is 5.75 Å². The van der Waals surface area contributed by atoms with E-state index in [2.05, 4.69) is 27.5 Å². The highest BCUT2D eigenvalue weighted by molar-refractivity contribution is 7.12. The lowest BCUT2D eigenvalue weighted by Crippen LogP contribution is -2.15. The highest BCUT2D eigenvalue weighted by atomic mass is 32.1. The number of aromatic amines is 1. The Balaban J connectivity index is 1.59. The van der Waals surface area contributed by atoms with Crippen molar-refractivity contribution in [3.05, 3.63) is 106 Å². The number of nitrogens with one attached hydrogen (secondary N) is 3. The van der Waals surface area contributed by atoms with Crippen LogP contribution in [0.25, 0.3) is 10.9 Å². The molecule has 2 aromatic carbocycles. The Labute approximate surface area is 201 Å². The molecule has 6 nitrogen and oxygen atoms in total. The summed E-state index contributed by atoms with van der Waals surface area (Å²) in [6.07, 6.45) is 1.79. The zero-order chi connectivity index (χ0) is 23.5. The number of hydrogen-bond donors (Lipinski definition) is 3.